The molecule has 62 heavy (non-hydrogen) atoms. The maximum Gasteiger partial charge on any atom is 0.306 e. The van der Waals surface area contributed by atoms with E-state index in [0.29, 0.717) is 19.3 Å². The van der Waals surface area contributed by atoms with Gasteiger partial charge in [-0.15, -0.1) is 0 Å². The van der Waals surface area contributed by atoms with Crippen molar-refractivity contribution in [2.75, 3.05) is 13.2 Å². The molecule has 0 heterocycles. The first-order valence-electron chi connectivity index (χ1n) is 23.6. The normalized spacial score (nSPS) is 13.5. The molecule has 0 radical (unpaired) electrons. The minimum Gasteiger partial charge on any atom is -0.462 e. The number of hydrogen-bond acceptors (Lipinski definition) is 6. The highest BCUT2D eigenvalue weighted by Gasteiger charge is 2.19. The SMILES string of the molecule is CC\C=C/C=C\C=C/C=C\C=C/CCCCCC(=O)OCC(COC(=O)CCCCCC/C=C\C/C=C\C/C=C\CC)OC(=O)CCCCC\C=C/C=C\C=C/C=C\C=C/CC. The largest absolute Gasteiger partial charge is 0.462 e. The molecule has 0 saturated heterocycles. The van der Waals surface area contributed by atoms with Crippen LogP contribution in [0.4, 0.5) is 0 Å². The maximum absolute atomic E-state index is 12.8. The summed E-state index contributed by atoms with van der Waals surface area (Å²) in [6.45, 7) is 6.10. The molecule has 342 valence electrons. The molecule has 1 unspecified atom stereocenters. The standard InChI is InChI=1S/C56H82O6/c1-4-7-10-13-16-19-22-25-28-31-34-37-40-43-46-49-55(58)61-52-53(51-60-54(57)48-45-42-39-36-33-30-27-24-21-18-15-12-9-6-3)62-56(59)50-47-44-41-38-35-32-29-26-23-20-17-14-11-8-5-2/h7-14,16-23,25-32,34-35,53H,4-6,15,24,33,36-52H2,1-3H3/b10-7-,11-8-,12-9-,16-13-,17-14-,21-18-,22-19-,23-20-,28-25-,29-26-,30-27-,34-31-,35-32-. The number of esters is 3. The summed E-state index contributed by atoms with van der Waals surface area (Å²) in [6.07, 6.45) is 70.8. The van der Waals surface area contributed by atoms with Crippen LogP contribution in [0.5, 0.6) is 0 Å². The van der Waals surface area contributed by atoms with Gasteiger partial charge in [0, 0.05) is 19.3 Å². The Hall–Kier alpha value is -4.97. The Balaban J connectivity index is 4.64. The van der Waals surface area contributed by atoms with Crippen molar-refractivity contribution in [1.29, 1.82) is 0 Å². The van der Waals surface area contributed by atoms with E-state index in [1.54, 1.807) is 0 Å². The fraction of sp³-hybridized carbons (Fsp3) is 0.482. The highest BCUT2D eigenvalue weighted by molar-refractivity contribution is 5.71. The predicted octanol–water partition coefficient (Wildman–Crippen LogP) is 15.5. The zero-order valence-electron chi connectivity index (χ0n) is 38.8. The van der Waals surface area contributed by atoms with Crippen molar-refractivity contribution in [2.45, 2.75) is 162 Å². The molecule has 0 bridgehead atoms. The molecule has 0 aliphatic heterocycles. The first kappa shape index (κ1) is 57.0. The van der Waals surface area contributed by atoms with E-state index in [2.05, 4.69) is 81.5 Å². The van der Waals surface area contributed by atoms with Crippen molar-refractivity contribution < 1.29 is 28.6 Å². The van der Waals surface area contributed by atoms with E-state index in [4.69, 9.17) is 14.2 Å². The average Bonchev–Trinajstić information content (AvgIpc) is 3.27. The molecular weight excluding hydrogens is 769 g/mol. The van der Waals surface area contributed by atoms with Gasteiger partial charge in [0.05, 0.1) is 0 Å². The van der Waals surface area contributed by atoms with E-state index >= 15 is 0 Å². The van der Waals surface area contributed by atoms with Gasteiger partial charge in [-0.3, -0.25) is 14.4 Å². The van der Waals surface area contributed by atoms with Gasteiger partial charge in [0.1, 0.15) is 13.2 Å². The molecule has 0 aromatic carbocycles. The van der Waals surface area contributed by atoms with Gasteiger partial charge >= 0.3 is 17.9 Å². The molecule has 0 aromatic heterocycles. The lowest BCUT2D eigenvalue weighted by Crippen LogP contribution is -2.30. The van der Waals surface area contributed by atoms with E-state index < -0.39 is 6.10 Å². The predicted molar refractivity (Wildman–Crippen MR) is 265 cm³/mol. The van der Waals surface area contributed by atoms with Gasteiger partial charge in [-0.25, -0.2) is 0 Å². The van der Waals surface area contributed by atoms with E-state index in [1.165, 1.54) is 0 Å². The van der Waals surface area contributed by atoms with Gasteiger partial charge in [0.15, 0.2) is 6.10 Å². The number of carbonyl (C=O) groups excluding carboxylic acids is 3. The summed E-state index contributed by atoms with van der Waals surface area (Å²) in [7, 11) is 0. The number of rotatable bonds is 39. The summed E-state index contributed by atoms with van der Waals surface area (Å²) in [5.41, 5.74) is 0. The van der Waals surface area contributed by atoms with Crippen molar-refractivity contribution in [3.05, 3.63) is 158 Å². The van der Waals surface area contributed by atoms with Crippen molar-refractivity contribution in [1.82, 2.24) is 0 Å². The number of allylic oxidation sites excluding steroid dienone is 26. The van der Waals surface area contributed by atoms with Gasteiger partial charge in [0.25, 0.3) is 0 Å². The Morgan fingerprint density at radius 2 is 0.661 bits per heavy atom. The van der Waals surface area contributed by atoms with Crippen LogP contribution in [0.2, 0.25) is 0 Å². The summed E-state index contributed by atoms with van der Waals surface area (Å²) >= 11 is 0. The molecule has 0 spiro atoms. The molecule has 0 fully saturated rings. The van der Waals surface area contributed by atoms with E-state index in [-0.39, 0.29) is 44.0 Å². The van der Waals surface area contributed by atoms with E-state index in [0.717, 1.165) is 103 Å². The molecule has 1 atom stereocenters. The van der Waals surface area contributed by atoms with Crippen LogP contribution in [0.15, 0.2) is 158 Å². The van der Waals surface area contributed by atoms with Gasteiger partial charge in [-0.2, -0.15) is 0 Å². The summed E-state index contributed by atoms with van der Waals surface area (Å²) in [5.74, 6) is -1.05. The molecule has 0 saturated carbocycles. The summed E-state index contributed by atoms with van der Waals surface area (Å²) in [5, 5.41) is 0. The fourth-order valence-electron chi connectivity index (χ4n) is 5.55. The first-order chi connectivity index (χ1) is 30.5. The van der Waals surface area contributed by atoms with Gasteiger partial charge in [-0.05, 0) is 89.9 Å². The van der Waals surface area contributed by atoms with Crippen LogP contribution >= 0.6 is 0 Å². The zero-order valence-corrected chi connectivity index (χ0v) is 38.8. The van der Waals surface area contributed by atoms with Crippen molar-refractivity contribution >= 4 is 17.9 Å². The molecule has 6 nitrogen and oxygen atoms in total. The average molecular weight is 851 g/mol. The Morgan fingerprint density at radius 1 is 0.339 bits per heavy atom. The first-order valence-corrected chi connectivity index (χ1v) is 23.6. The highest BCUT2D eigenvalue weighted by atomic mass is 16.6. The second kappa shape index (κ2) is 48.7. The Bertz CT molecular complexity index is 1490. The minimum absolute atomic E-state index is 0.130. The van der Waals surface area contributed by atoms with Crippen LogP contribution in [0.3, 0.4) is 0 Å². The lowest BCUT2D eigenvalue weighted by molar-refractivity contribution is -0.167. The van der Waals surface area contributed by atoms with Gasteiger partial charge in [-0.1, -0.05) is 204 Å². The highest BCUT2D eigenvalue weighted by Crippen LogP contribution is 2.11. The van der Waals surface area contributed by atoms with Crippen molar-refractivity contribution in [3.63, 3.8) is 0 Å². The maximum atomic E-state index is 12.8. The van der Waals surface area contributed by atoms with Crippen LogP contribution < -0.4 is 0 Å². The van der Waals surface area contributed by atoms with E-state index in [9.17, 15) is 14.4 Å². The molecular formula is C56H82O6. The summed E-state index contributed by atoms with van der Waals surface area (Å²) < 4.78 is 16.7. The Morgan fingerprint density at radius 3 is 1.10 bits per heavy atom. The number of ether oxygens (including phenoxy) is 3. The third-order valence-electron chi connectivity index (χ3n) is 9.01. The molecule has 0 amide bonds. The third kappa shape index (κ3) is 46.1. The Labute approximate surface area is 378 Å². The second-order valence-corrected chi connectivity index (χ2v) is 14.8. The quantitative estimate of drug-likeness (QED) is 0.0202. The van der Waals surface area contributed by atoms with Crippen molar-refractivity contribution in [3.8, 4) is 0 Å². The van der Waals surface area contributed by atoms with Crippen LogP contribution in [-0.4, -0.2) is 37.2 Å². The van der Waals surface area contributed by atoms with Gasteiger partial charge < -0.3 is 14.2 Å². The lowest BCUT2D eigenvalue weighted by Gasteiger charge is -2.18. The van der Waals surface area contributed by atoms with Crippen molar-refractivity contribution in [2.24, 2.45) is 0 Å². The number of hydrogen-bond donors (Lipinski definition) is 0. The van der Waals surface area contributed by atoms with E-state index in [1.807, 2.05) is 97.2 Å². The number of carbonyl (C=O) groups is 3. The lowest BCUT2D eigenvalue weighted by atomic mass is 10.1. The number of unbranched alkanes of at least 4 members (excludes halogenated alkanes) is 10. The fourth-order valence-corrected chi connectivity index (χ4v) is 5.55. The molecule has 6 heteroatoms. The zero-order chi connectivity index (χ0) is 45.1. The third-order valence-corrected chi connectivity index (χ3v) is 9.01. The molecule has 0 aliphatic carbocycles. The Kier molecular flexibility index (Phi) is 44.8. The summed E-state index contributed by atoms with van der Waals surface area (Å²) in [4.78, 5) is 37.9. The van der Waals surface area contributed by atoms with Crippen LogP contribution in [0.25, 0.3) is 0 Å². The van der Waals surface area contributed by atoms with Gasteiger partial charge in [0.2, 0.25) is 0 Å². The van der Waals surface area contributed by atoms with Crippen LogP contribution in [0.1, 0.15) is 156 Å². The second-order valence-electron chi connectivity index (χ2n) is 14.8. The minimum atomic E-state index is -0.834. The smallest absolute Gasteiger partial charge is 0.306 e. The van der Waals surface area contributed by atoms with Crippen LogP contribution in [-0.2, 0) is 28.6 Å². The topological polar surface area (TPSA) is 78.9 Å². The summed E-state index contributed by atoms with van der Waals surface area (Å²) in [6, 6.07) is 0. The molecule has 0 N–H and O–H groups in total. The molecule has 0 rings (SSSR count). The molecule has 0 aromatic rings. The van der Waals surface area contributed by atoms with Crippen LogP contribution in [0, 0.1) is 0 Å². The monoisotopic (exact) mass is 851 g/mol. The molecule has 0 aliphatic rings.